The number of aliphatic hydroxyl groups excluding tert-OH is 1. The third-order valence-corrected chi connectivity index (χ3v) is 3.97. The van der Waals surface area contributed by atoms with E-state index >= 15 is 0 Å². The van der Waals surface area contributed by atoms with Gasteiger partial charge in [0, 0.05) is 33.2 Å². The van der Waals surface area contributed by atoms with E-state index in [0.717, 1.165) is 5.56 Å². The van der Waals surface area contributed by atoms with Crippen LogP contribution in [0.25, 0.3) is 0 Å². The van der Waals surface area contributed by atoms with Gasteiger partial charge in [0.15, 0.2) is 11.5 Å². The molecule has 5 heteroatoms. The van der Waals surface area contributed by atoms with Gasteiger partial charge in [-0.15, -0.1) is 0 Å². The van der Waals surface area contributed by atoms with Gasteiger partial charge >= 0.3 is 0 Å². The lowest BCUT2D eigenvalue weighted by Crippen LogP contribution is -2.43. The van der Waals surface area contributed by atoms with Crippen molar-refractivity contribution in [3.63, 3.8) is 0 Å². The second-order valence-corrected chi connectivity index (χ2v) is 4.90. The first kappa shape index (κ1) is 15.1. The standard InChI is InChI=1S/C15H22O5/c1-17-12-5-4-11(10-13(12)18-2)14(16)15(19-3)6-8-20-9-7-15/h4-5,10,14,16H,6-9H2,1-3H3. The van der Waals surface area contributed by atoms with Crippen LogP contribution in [0.1, 0.15) is 24.5 Å². The minimum absolute atomic E-state index is 0.595. The average Bonchev–Trinajstić information content (AvgIpc) is 2.54. The molecule has 5 nitrogen and oxygen atoms in total. The van der Waals surface area contributed by atoms with Gasteiger partial charge in [0.05, 0.1) is 14.2 Å². The maximum atomic E-state index is 10.7. The zero-order chi connectivity index (χ0) is 14.6. The minimum atomic E-state index is -0.726. The average molecular weight is 282 g/mol. The molecule has 1 aromatic rings. The predicted molar refractivity (Wildman–Crippen MR) is 74.3 cm³/mol. The number of hydrogen-bond acceptors (Lipinski definition) is 5. The second kappa shape index (κ2) is 6.43. The number of methoxy groups -OCH3 is 3. The highest BCUT2D eigenvalue weighted by molar-refractivity contribution is 5.44. The Kier molecular flexibility index (Phi) is 4.86. The lowest BCUT2D eigenvalue weighted by atomic mass is 9.84. The van der Waals surface area contributed by atoms with E-state index in [9.17, 15) is 5.11 Å². The van der Waals surface area contributed by atoms with Crippen molar-refractivity contribution in [3.8, 4) is 11.5 Å². The van der Waals surface area contributed by atoms with Gasteiger partial charge < -0.3 is 24.1 Å². The van der Waals surface area contributed by atoms with Gasteiger partial charge in [-0.2, -0.15) is 0 Å². The quantitative estimate of drug-likeness (QED) is 0.894. The molecule has 1 atom stereocenters. The number of benzene rings is 1. The van der Waals surface area contributed by atoms with Crippen LogP contribution in [0.5, 0.6) is 11.5 Å². The second-order valence-electron chi connectivity index (χ2n) is 4.90. The van der Waals surface area contributed by atoms with Gasteiger partial charge in [-0.25, -0.2) is 0 Å². The summed E-state index contributed by atoms with van der Waals surface area (Å²) in [7, 11) is 4.80. The third kappa shape index (κ3) is 2.75. The summed E-state index contributed by atoms with van der Waals surface area (Å²) in [6, 6.07) is 5.42. The van der Waals surface area contributed by atoms with Crippen LogP contribution in [0, 0.1) is 0 Å². The fraction of sp³-hybridized carbons (Fsp3) is 0.600. The summed E-state index contributed by atoms with van der Waals surface area (Å²) in [5, 5.41) is 10.7. The molecular formula is C15H22O5. The molecule has 0 bridgehead atoms. The first-order chi connectivity index (χ1) is 9.66. The fourth-order valence-corrected chi connectivity index (χ4v) is 2.63. The first-order valence-corrected chi connectivity index (χ1v) is 6.70. The van der Waals surface area contributed by atoms with E-state index in [2.05, 4.69) is 0 Å². The molecule has 1 N–H and O–H groups in total. The van der Waals surface area contributed by atoms with Crippen molar-refractivity contribution in [2.24, 2.45) is 0 Å². The molecule has 1 aliphatic heterocycles. The molecule has 1 unspecified atom stereocenters. The topological polar surface area (TPSA) is 57.2 Å². The Labute approximate surface area is 119 Å². The van der Waals surface area contributed by atoms with Crippen LogP contribution < -0.4 is 9.47 Å². The third-order valence-electron chi connectivity index (χ3n) is 3.97. The molecule has 1 heterocycles. The van der Waals surface area contributed by atoms with Crippen LogP contribution in [0.4, 0.5) is 0 Å². The Morgan fingerprint density at radius 2 is 1.75 bits per heavy atom. The molecule has 0 spiro atoms. The van der Waals surface area contributed by atoms with Gasteiger partial charge in [-0.05, 0) is 17.7 Å². The molecule has 1 fully saturated rings. The summed E-state index contributed by atoms with van der Waals surface area (Å²) in [6.45, 7) is 1.19. The SMILES string of the molecule is COc1ccc(C(O)C2(OC)CCOCC2)cc1OC. The molecule has 2 rings (SSSR count). The van der Waals surface area contributed by atoms with E-state index in [-0.39, 0.29) is 0 Å². The van der Waals surface area contributed by atoms with Crippen LogP contribution in [-0.4, -0.2) is 45.3 Å². The van der Waals surface area contributed by atoms with Crippen molar-refractivity contribution in [2.75, 3.05) is 34.5 Å². The zero-order valence-electron chi connectivity index (χ0n) is 12.2. The molecule has 1 aromatic carbocycles. The van der Waals surface area contributed by atoms with Crippen molar-refractivity contribution >= 4 is 0 Å². The summed E-state index contributed by atoms with van der Waals surface area (Å²) in [5.41, 5.74) is 0.157. The van der Waals surface area contributed by atoms with Gasteiger partial charge in [0.2, 0.25) is 0 Å². The normalized spacial score (nSPS) is 19.4. The highest BCUT2D eigenvalue weighted by Crippen LogP contribution is 2.39. The molecule has 20 heavy (non-hydrogen) atoms. The summed E-state index contributed by atoms with van der Waals surface area (Å²) < 4.78 is 21.5. The summed E-state index contributed by atoms with van der Waals surface area (Å²) in [5.74, 6) is 1.24. The van der Waals surface area contributed by atoms with E-state index in [0.29, 0.717) is 37.6 Å². The van der Waals surface area contributed by atoms with Crippen molar-refractivity contribution < 1.29 is 24.1 Å². The number of hydrogen-bond donors (Lipinski definition) is 1. The largest absolute Gasteiger partial charge is 0.493 e. The lowest BCUT2D eigenvalue weighted by Gasteiger charge is -2.39. The van der Waals surface area contributed by atoms with Crippen LogP contribution in [0.2, 0.25) is 0 Å². The Morgan fingerprint density at radius 3 is 2.30 bits per heavy atom. The Balaban J connectivity index is 2.29. The van der Waals surface area contributed by atoms with E-state index < -0.39 is 11.7 Å². The van der Waals surface area contributed by atoms with Crippen molar-refractivity contribution in [3.05, 3.63) is 23.8 Å². The first-order valence-electron chi connectivity index (χ1n) is 6.70. The Hall–Kier alpha value is -1.30. The van der Waals surface area contributed by atoms with Gasteiger partial charge in [0.1, 0.15) is 11.7 Å². The van der Waals surface area contributed by atoms with E-state index in [1.54, 1.807) is 33.5 Å². The van der Waals surface area contributed by atoms with Crippen LogP contribution in [0.15, 0.2) is 18.2 Å². The van der Waals surface area contributed by atoms with Crippen LogP contribution in [-0.2, 0) is 9.47 Å². The molecule has 112 valence electrons. The molecular weight excluding hydrogens is 260 g/mol. The minimum Gasteiger partial charge on any atom is -0.493 e. The van der Waals surface area contributed by atoms with Crippen molar-refractivity contribution in [2.45, 2.75) is 24.5 Å². The van der Waals surface area contributed by atoms with Gasteiger partial charge in [-0.3, -0.25) is 0 Å². The van der Waals surface area contributed by atoms with Gasteiger partial charge in [0.25, 0.3) is 0 Å². The summed E-state index contributed by atoms with van der Waals surface area (Å²) in [4.78, 5) is 0. The van der Waals surface area contributed by atoms with E-state index in [1.807, 2.05) is 6.07 Å². The highest BCUT2D eigenvalue weighted by Gasteiger charge is 2.40. The smallest absolute Gasteiger partial charge is 0.161 e. The molecule has 0 aromatic heterocycles. The summed E-state index contributed by atoms with van der Waals surface area (Å²) in [6.07, 6.45) is 0.606. The van der Waals surface area contributed by atoms with Crippen molar-refractivity contribution in [1.29, 1.82) is 0 Å². The number of rotatable bonds is 5. The Bertz CT molecular complexity index is 440. The lowest BCUT2D eigenvalue weighted by molar-refractivity contribution is -0.154. The van der Waals surface area contributed by atoms with Crippen molar-refractivity contribution in [1.82, 2.24) is 0 Å². The van der Waals surface area contributed by atoms with E-state index in [1.165, 1.54) is 0 Å². The number of ether oxygens (including phenoxy) is 4. The van der Waals surface area contributed by atoms with Crippen LogP contribution in [0.3, 0.4) is 0 Å². The zero-order valence-corrected chi connectivity index (χ0v) is 12.2. The molecule has 1 saturated heterocycles. The van der Waals surface area contributed by atoms with E-state index in [4.69, 9.17) is 18.9 Å². The maximum Gasteiger partial charge on any atom is 0.161 e. The van der Waals surface area contributed by atoms with Gasteiger partial charge in [-0.1, -0.05) is 6.07 Å². The Morgan fingerprint density at radius 1 is 1.10 bits per heavy atom. The maximum absolute atomic E-state index is 10.7. The highest BCUT2D eigenvalue weighted by atomic mass is 16.5. The number of aliphatic hydroxyl groups is 1. The molecule has 0 saturated carbocycles. The summed E-state index contributed by atoms with van der Waals surface area (Å²) >= 11 is 0. The molecule has 0 radical (unpaired) electrons. The van der Waals surface area contributed by atoms with Crippen LogP contribution >= 0.6 is 0 Å². The predicted octanol–water partition coefficient (Wildman–Crippen LogP) is 1.93. The molecule has 1 aliphatic rings. The molecule has 0 amide bonds. The monoisotopic (exact) mass is 282 g/mol. The molecule has 0 aliphatic carbocycles. The fourth-order valence-electron chi connectivity index (χ4n) is 2.63.